The summed E-state index contributed by atoms with van der Waals surface area (Å²) in [6.07, 6.45) is 2.40. The molecule has 3 N–H and O–H groups in total. The van der Waals surface area contributed by atoms with E-state index in [1.54, 1.807) is 30.8 Å². The fourth-order valence-corrected chi connectivity index (χ4v) is 4.88. The van der Waals surface area contributed by atoms with Gasteiger partial charge in [-0.1, -0.05) is 23.2 Å². The molecule has 0 aliphatic rings. The molecule has 0 saturated heterocycles. The zero-order valence-corrected chi connectivity index (χ0v) is 19.4. The summed E-state index contributed by atoms with van der Waals surface area (Å²) >= 11 is 13.7. The number of furan rings is 1. The maximum Gasteiger partial charge on any atom is 0.252 e. The van der Waals surface area contributed by atoms with E-state index in [1.807, 2.05) is 6.92 Å². The summed E-state index contributed by atoms with van der Waals surface area (Å²) in [6.45, 7) is 4.07. The van der Waals surface area contributed by atoms with E-state index in [2.05, 4.69) is 10.3 Å². The van der Waals surface area contributed by atoms with Crippen LogP contribution in [0, 0.1) is 5.82 Å². The average molecular weight is 494 g/mol. The maximum absolute atomic E-state index is 14.0. The van der Waals surface area contributed by atoms with Crippen molar-refractivity contribution in [2.24, 2.45) is 0 Å². The van der Waals surface area contributed by atoms with Gasteiger partial charge in [0.1, 0.15) is 18.2 Å². The number of hydrogen-bond acceptors (Lipinski definition) is 6. The zero-order chi connectivity index (χ0) is 23.0. The van der Waals surface area contributed by atoms with Crippen molar-refractivity contribution < 1.29 is 18.3 Å². The van der Waals surface area contributed by atoms with Crippen molar-refractivity contribution in [2.75, 3.05) is 12.3 Å². The number of halogens is 3. The van der Waals surface area contributed by atoms with Gasteiger partial charge in [0.15, 0.2) is 11.4 Å². The minimum Gasteiger partial charge on any atom is -0.478 e. The van der Waals surface area contributed by atoms with E-state index >= 15 is 0 Å². The molecule has 0 spiro atoms. The maximum atomic E-state index is 14.0. The number of ether oxygens (including phenoxy) is 1. The minimum atomic E-state index is -0.736. The van der Waals surface area contributed by atoms with Gasteiger partial charge < -0.3 is 20.2 Å². The number of aromatic nitrogens is 1. The van der Waals surface area contributed by atoms with Crippen LogP contribution in [0.25, 0.3) is 21.4 Å². The lowest BCUT2D eigenvalue weighted by atomic mass is 10.1. The summed E-state index contributed by atoms with van der Waals surface area (Å²) in [7, 11) is 0. The quantitative estimate of drug-likeness (QED) is 0.300. The summed E-state index contributed by atoms with van der Waals surface area (Å²) in [6, 6.07) is 4.38. The second-order valence-corrected chi connectivity index (χ2v) is 8.64. The summed E-state index contributed by atoms with van der Waals surface area (Å²) < 4.78 is 25.7. The largest absolute Gasteiger partial charge is 0.478 e. The first-order valence-corrected chi connectivity index (χ1v) is 11.3. The van der Waals surface area contributed by atoms with Gasteiger partial charge in [0.05, 0.1) is 16.0 Å². The molecular formula is C22H18Cl2FN3O3S. The number of nitrogen functional groups attached to an aromatic ring is 1. The monoisotopic (exact) mass is 493 g/mol. The molecule has 1 amide bonds. The van der Waals surface area contributed by atoms with Gasteiger partial charge in [0.2, 0.25) is 5.75 Å². The number of anilines is 1. The van der Waals surface area contributed by atoms with Crippen LogP contribution in [0.4, 0.5) is 10.2 Å². The fourth-order valence-electron chi connectivity index (χ4n) is 3.30. The van der Waals surface area contributed by atoms with Crippen molar-refractivity contribution in [2.45, 2.75) is 20.0 Å². The third-order valence-corrected chi connectivity index (χ3v) is 6.52. The number of rotatable bonds is 6. The van der Waals surface area contributed by atoms with Crippen molar-refractivity contribution in [1.29, 1.82) is 0 Å². The predicted molar refractivity (Wildman–Crippen MR) is 125 cm³/mol. The number of carbonyl (C=O) groups is 1. The molecule has 6 nitrogen and oxygen atoms in total. The Balaban J connectivity index is 1.72. The van der Waals surface area contributed by atoms with Crippen LogP contribution in [0.15, 0.2) is 40.5 Å². The van der Waals surface area contributed by atoms with Gasteiger partial charge >= 0.3 is 0 Å². The second kappa shape index (κ2) is 8.97. The molecule has 3 heterocycles. The highest BCUT2D eigenvalue weighted by atomic mass is 35.5. The number of benzene rings is 1. The van der Waals surface area contributed by atoms with Crippen LogP contribution in [0.1, 0.15) is 35.9 Å². The van der Waals surface area contributed by atoms with Crippen LogP contribution in [0.2, 0.25) is 10.0 Å². The second-order valence-electron chi connectivity index (χ2n) is 6.94. The highest BCUT2D eigenvalue weighted by molar-refractivity contribution is 7.14. The van der Waals surface area contributed by atoms with Crippen LogP contribution < -0.4 is 15.8 Å². The molecule has 0 unspecified atom stereocenters. The van der Waals surface area contributed by atoms with Gasteiger partial charge in [-0.2, -0.15) is 0 Å². The molecule has 0 aliphatic carbocycles. The molecule has 1 aromatic carbocycles. The van der Waals surface area contributed by atoms with Gasteiger partial charge in [-0.3, -0.25) is 4.79 Å². The standard InChI is InChI=1S/C22H18Cl2FN3O3S/c1-3-27-22(29)11-6-16(32-9-11)13-8-30-19-12(13)7-28-21(26)20(19)31-10(2)17-14(23)4-5-15(25)18(17)24/h4-10H,3H2,1-2H3,(H2,26,28)(H,27,29)/t10-/m1/s1. The topological polar surface area (TPSA) is 90.4 Å². The summed E-state index contributed by atoms with van der Waals surface area (Å²) in [4.78, 5) is 17.1. The Labute approximate surface area is 197 Å². The van der Waals surface area contributed by atoms with Crippen molar-refractivity contribution in [3.05, 3.63) is 63.0 Å². The number of carbonyl (C=O) groups excluding carboxylic acids is 1. The van der Waals surface area contributed by atoms with Crippen LogP contribution in [0.3, 0.4) is 0 Å². The number of amides is 1. The molecular weight excluding hydrogens is 476 g/mol. The van der Waals surface area contributed by atoms with Crippen LogP contribution in [-0.2, 0) is 0 Å². The number of nitrogens with zero attached hydrogens (tertiary/aromatic N) is 1. The van der Waals surface area contributed by atoms with Gasteiger partial charge in [-0.15, -0.1) is 11.3 Å². The molecule has 0 fully saturated rings. The van der Waals surface area contributed by atoms with E-state index in [0.29, 0.717) is 28.6 Å². The summed E-state index contributed by atoms with van der Waals surface area (Å²) in [5, 5.41) is 5.34. The highest BCUT2D eigenvalue weighted by Gasteiger charge is 2.23. The molecule has 0 radical (unpaired) electrons. The minimum absolute atomic E-state index is 0.100. The normalized spacial score (nSPS) is 12.2. The number of thiophene rings is 1. The molecule has 10 heteroatoms. The lowest BCUT2D eigenvalue weighted by molar-refractivity contribution is 0.0956. The first-order valence-electron chi connectivity index (χ1n) is 9.64. The summed E-state index contributed by atoms with van der Waals surface area (Å²) in [5.74, 6) is -0.458. The molecule has 32 heavy (non-hydrogen) atoms. The van der Waals surface area contributed by atoms with Crippen molar-refractivity contribution in [1.82, 2.24) is 10.3 Å². The molecule has 4 rings (SSSR count). The molecule has 166 valence electrons. The lowest BCUT2D eigenvalue weighted by Gasteiger charge is -2.18. The van der Waals surface area contributed by atoms with Crippen molar-refractivity contribution in [3.8, 4) is 16.2 Å². The Morgan fingerprint density at radius 3 is 2.94 bits per heavy atom. The lowest BCUT2D eigenvalue weighted by Crippen LogP contribution is -2.21. The van der Waals surface area contributed by atoms with Crippen molar-refractivity contribution >= 4 is 57.2 Å². The average Bonchev–Trinajstić information content (AvgIpc) is 3.40. The Morgan fingerprint density at radius 1 is 1.41 bits per heavy atom. The molecule has 1 atom stereocenters. The molecule has 0 saturated carbocycles. The van der Waals surface area contributed by atoms with Crippen LogP contribution in [0.5, 0.6) is 5.75 Å². The van der Waals surface area contributed by atoms with E-state index in [-0.39, 0.29) is 27.5 Å². The van der Waals surface area contributed by atoms with Gasteiger partial charge in [-0.25, -0.2) is 9.37 Å². The van der Waals surface area contributed by atoms with Crippen LogP contribution >= 0.6 is 34.5 Å². The molecule has 0 aliphatic heterocycles. The number of hydrogen-bond donors (Lipinski definition) is 2. The van der Waals surface area contributed by atoms with E-state index in [9.17, 15) is 9.18 Å². The van der Waals surface area contributed by atoms with E-state index in [1.165, 1.54) is 23.5 Å². The molecule has 3 aromatic heterocycles. The molecule has 4 aromatic rings. The van der Waals surface area contributed by atoms with E-state index in [4.69, 9.17) is 38.1 Å². The Hall–Kier alpha value is -2.81. The van der Waals surface area contributed by atoms with Crippen molar-refractivity contribution in [3.63, 3.8) is 0 Å². The fraction of sp³-hybridized carbons (Fsp3) is 0.182. The van der Waals surface area contributed by atoms with Gasteiger partial charge in [0, 0.05) is 39.1 Å². The third-order valence-electron chi connectivity index (χ3n) is 4.85. The smallest absolute Gasteiger partial charge is 0.252 e. The summed E-state index contributed by atoms with van der Waals surface area (Å²) in [5.41, 5.74) is 8.03. The number of pyridine rings is 1. The zero-order valence-electron chi connectivity index (χ0n) is 17.0. The van der Waals surface area contributed by atoms with Crippen LogP contribution in [-0.4, -0.2) is 17.4 Å². The molecule has 0 bridgehead atoms. The van der Waals surface area contributed by atoms with Gasteiger partial charge in [-0.05, 0) is 32.0 Å². The first-order chi connectivity index (χ1) is 15.3. The Morgan fingerprint density at radius 2 is 2.19 bits per heavy atom. The highest BCUT2D eigenvalue weighted by Crippen LogP contribution is 2.42. The van der Waals surface area contributed by atoms with Gasteiger partial charge in [0.25, 0.3) is 5.91 Å². The van der Waals surface area contributed by atoms with E-state index in [0.717, 1.165) is 10.4 Å². The number of nitrogens with one attached hydrogen (secondary N) is 1. The Bertz CT molecular complexity index is 1320. The third kappa shape index (κ3) is 4.01. The SMILES string of the molecule is CCNC(=O)c1csc(-c2coc3c(O[C@H](C)c4c(Cl)ccc(F)c4Cl)c(N)ncc23)c1. The Kier molecular flexibility index (Phi) is 6.28. The number of nitrogens with two attached hydrogens (primary N) is 1. The van der Waals surface area contributed by atoms with E-state index < -0.39 is 11.9 Å². The predicted octanol–water partition coefficient (Wildman–Crippen LogP) is 6.47. The number of fused-ring (bicyclic) bond motifs is 1. The first kappa shape index (κ1) is 22.4.